The maximum atomic E-state index is 11.9. The fraction of sp³-hybridized carbons (Fsp3) is 0.409. The molecule has 6 nitrogen and oxygen atoms in total. The van der Waals surface area contributed by atoms with E-state index in [0.717, 1.165) is 28.9 Å². The predicted molar refractivity (Wildman–Crippen MR) is 109 cm³/mol. The van der Waals surface area contributed by atoms with Crippen molar-refractivity contribution in [2.24, 2.45) is 5.92 Å². The topological polar surface area (TPSA) is 61.9 Å². The van der Waals surface area contributed by atoms with Crippen molar-refractivity contribution in [3.05, 3.63) is 58.9 Å². The van der Waals surface area contributed by atoms with Gasteiger partial charge < -0.3 is 9.30 Å². The number of rotatable bonds is 7. The molecule has 4 rings (SSSR count). The van der Waals surface area contributed by atoms with Crippen LogP contribution in [0.4, 0.5) is 0 Å². The van der Waals surface area contributed by atoms with Crippen molar-refractivity contribution in [2.45, 2.75) is 52.7 Å². The van der Waals surface area contributed by atoms with Gasteiger partial charge in [-0.2, -0.15) is 5.10 Å². The van der Waals surface area contributed by atoms with Crippen LogP contribution in [0.1, 0.15) is 38.8 Å². The minimum atomic E-state index is 0.00837. The van der Waals surface area contributed by atoms with Gasteiger partial charge in [-0.25, -0.2) is 9.67 Å². The number of aromatic nitrogens is 4. The first kappa shape index (κ1) is 18.5. The van der Waals surface area contributed by atoms with Crippen molar-refractivity contribution >= 4 is 0 Å². The van der Waals surface area contributed by atoms with Crippen molar-refractivity contribution in [1.29, 1.82) is 0 Å². The van der Waals surface area contributed by atoms with E-state index in [1.807, 2.05) is 37.6 Å². The van der Waals surface area contributed by atoms with Gasteiger partial charge in [0.15, 0.2) is 0 Å². The van der Waals surface area contributed by atoms with Crippen LogP contribution in [0.2, 0.25) is 0 Å². The quantitative estimate of drug-likeness (QED) is 0.624. The number of aryl methyl sites for hydroxylation is 2. The van der Waals surface area contributed by atoms with E-state index in [0.29, 0.717) is 18.3 Å². The molecule has 3 aromatic heterocycles. The molecule has 1 atom stereocenters. The summed E-state index contributed by atoms with van der Waals surface area (Å²) >= 11 is 0. The largest absolute Gasteiger partial charge is 0.474 e. The van der Waals surface area contributed by atoms with Crippen LogP contribution in [0.3, 0.4) is 0 Å². The van der Waals surface area contributed by atoms with E-state index in [1.165, 1.54) is 12.8 Å². The zero-order valence-electron chi connectivity index (χ0n) is 16.6. The third-order valence-corrected chi connectivity index (χ3v) is 5.24. The Bertz CT molecular complexity index is 1030. The Hall–Kier alpha value is -2.89. The highest BCUT2D eigenvalue weighted by Gasteiger charge is 2.29. The van der Waals surface area contributed by atoms with Gasteiger partial charge in [-0.15, -0.1) is 0 Å². The van der Waals surface area contributed by atoms with E-state index in [4.69, 9.17) is 4.74 Å². The molecule has 0 amide bonds. The molecule has 3 heterocycles. The molecule has 3 aromatic rings. The zero-order chi connectivity index (χ0) is 19.7. The van der Waals surface area contributed by atoms with Crippen molar-refractivity contribution in [2.75, 3.05) is 0 Å². The molecule has 0 aromatic carbocycles. The van der Waals surface area contributed by atoms with Gasteiger partial charge in [0.25, 0.3) is 5.56 Å². The average molecular weight is 378 g/mol. The molecule has 1 aliphatic carbocycles. The minimum absolute atomic E-state index is 0.00837. The summed E-state index contributed by atoms with van der Waals surface area (Å²) in [6.45, 7) is 6.86. The lowest BCUT2D eigenvalue weighted by Crippen LogP contribution is -2.19. The highest BCUT2D eigenvalue weighted by Crippen LogP contribution is 2.34. The maximum absolute atomic E-state index is 11.9. The molecule has 0 radical (unpaired) electrons. The number of hydrogen-bond donors (Lipinski definition) is 0. The molecule has 1 aliphatic rings. The van der Waals surface area contributed by atoms with E-state index in [-0.39, 0.29) is 11.7 Å². The summed E-state index contributed by atoms with van der Waals surface area (Å²) in [6, 6.07) is 7.36. The van der Waals surface area contributed by atoms with Gasteiger partial charge in [0, 0.05) is 47.9 Å². The molecule has 1 fully saturated rings. The number of hydrogen-bond acceptors (Lipinski definition) is 4. The Labute approximate surface area is 164 Å². The lowest BCUT2D eigenvalue weighted by atomic mass is 10.1. The second-order valence-corrected chi connectivity index (χ2v) is 7.54. The predicted octanol–water partition coefficient (Wildman–Crippen LogP) is 3.99. The van der Waals surface area contributed by atoms with Crippen LogP contribution < -0.4 is 10.3 Å². The first-order valence-corrected chi connectivity index (χ1v) is 9.95. The van der Waals surface area contributed by atoms with Crippen molar-refractivity contribution in [1.82, 2.24) is 19.3 Å². The number of pyridine rings is 2. The molecule has 0 saturated heterocycles. The Morgan fingerprint density at radius 3 is 2.75 bits per heavy atom. The van der Waals surface area contributed by atoms with Crippen molar-refractivity contribution < 1.29 is 4.74 Å². The summed E-state index contributed by atoms with van der Waals surface area (Å²) < 4.78 is 9.48. The molecule has 146 valence electrons. The Morgan fingerprint density at radius 2 is 2.04 bits per heavy atom. The van der Waals surface area contributed by atoms with Gasteiger partial charge in [0.2, 0.25) is 5.88 Å². The van der Waals surface area contributed by atoms with Gasteiger partial charge in [-0.3, -0.25) is 4.79 Å². The first-order chi connectivity index (χ1) is 13.5. The van der Waals surface area contributed by atoms with Crippen LogP contribution in [0, 0.1) is 12.8 Å². The molecule has 0 bridgehead atoms. The number of nitrogens with zero attached hydrogens (tertiary/aromatic N) is 4. The Kier molecular flexibility index (Phi) is 5.03. The zero-order valence-corrected chi connectivity index (χ0v) is 16.6. The summed E-state index contributed by atoms with van der Waals surface area (Å²) in [5.41, 5.74) is 3.80. The van der Waals surface area contributed by atoms with E-state index >= 15 is 0 Å². The van der Waals surface area contributed by atoms with Crippen LogP contribution in [0.25, 0.3) is 16.8 Å². The summed E-state index contributed by atoms with van der Waals surface area (Å²) in [4.78, 5) is 16.6. The summed E-state index contributed by atoms with van der Waals surface area (Å²) in [7, 11) is 0. The fourth-order valence-electron chi connectivity index (χ4n) is 3.43. The van der Waals surface area contributed by atoms with Crippen LogP contribution in [-0.4, -0.2) is 25.4 Å². The van der Waals surface area contributed by atoms with Gasteiger partial charge in [0.05, 0.1) is 11.9 Å². The average Bonchev–Trinajstić information content (AvgIpc) is 3.42. The SMILES string of the molecule is CCCn1cc(-n2cc(-c3ccc(O[C@@H](C)C4CC4)nc3C)cn2)ccc1=O. The van der Waals surface area contributed by atoms with Gasteiger partial charge in [-0.1, -0.05) is 6.92 Å². The first-order valence-electron chi connectivity index (χ1n) is 9.95. The monoisotopic (exact) mass is 378 g/mol. The molecule has 6 heteroatoms. The van der Waals surface area contributed by atoms with Crippen LogP contribution in [0.15, 0.2) is 47.7 Å². The molecule has 0 aliphatic heterocycles. The third-order valence-electron chi connectivity index (χ3n) is 5.24. The van der Waals surface area contributed by atoms with Crippen LogP contribution in [0.5, 0.6) is 5.88 Å². The standard InChI is InChI=1S/C22H26N4O2/c1-4-11-25-14-19(7-10-22(25)27)26-13-18(12-23-26)20-8-9-21(24-15(20)2)28-16(3)17-5-6-17/h7-10,12-14,16-17H,4-6,11H2,1-3H3/t16-/m0/s1. The molecule has 0 N–H and O–H groups in total. The highest BCUT2D eigenvalue weighted by atomic mass is 16.5. The third kappa shape index (κ3) is 3.86. The van der Waals surface area contributed by atoms with Crippen LogP contribution >= 0.6 is 0 Å². The van der Waals surface area contributed by atoms with Crippen LogP contribution in [-0.2, 0) is 6.54 Å². The molecular weight excluding hydrogens is 352 g/mol. The molecule has 0 spiro atoms. The molecular formula is C22H26N4O2. The van der Waals surface area contributed by atoms with Crippen molar-refractivity contribution in [3.8, 4) is 22.7 Å². The summed E-state index contributed by atoms with van der Waals surface area (Å²) in [5.74, 6) is 1.36. The molecule has 1 saturated carbocycles. The van der Waals surface area contributed by atoms with E-state index in [2.05, 4.69) is 23.9 Å². The second kappa shape index (κ2) is 7.62. The fourth-order valence-corrected chi connectivity index (χ4v) is 3.43. The molecule has 0 unspecified atom stereocenters. The van der Waals surface area contributed by atoms with Gasteiger partial charge >= 0.3 is 0 Å². The van der Waals surface area contributed by atoms with E-state index in [1.54, 1.807) is 21.4 Å². The van der Waals surface area contributed by atoms with Gasteiger partial charge in [0.1, 0.15) is 6.10 Å². The van der Waals surface area contributed by atoms with E-state index < -0.39 is 0 Å². The smallest absolute Gasteiger partial charge is 0.250 e. The Morgan fingerprint density at radius 1 is 1.21 bits per heavy atom. The Balaban J connectivity index is 1.57. The summed E-state index contributed by atoms with van der Waals surface area (Å²) in [5, 5.41) is 4.48. The van der Waals surface area contributed by atoms with E-state index in [9.17, 15) is 4.79 Å². The second-order valence-electron chi connectivity index (χ2n) is 7.54. The summed E-state index contributed by atoms with van der Waals surface area (Å²) in [6.07, 6.45) is 9.28. The van der Waals surface area contributed by atoms with Gasteiger partial charge in [-0.05, 0) is 51.2 Å². The highest BCUT2D eigenvalue weighted by molar-refractivity contribution is 5.65. The lowest BCUT2D eigenvalue weighted by Gasteiger charge is -2.14. The molecule has 28 heavy (non-hydrogen) atoms. The lowest BCUT2D eigenvalue weighted by molar-refractivity contribution is 0.189. The van der Waals surface area contributed by atoms with Crippen molar-refractivity contribution in [3.63, 3.8) is 0 Å². The minimum Gasteiger partial charge on any atom is -0.474 e. The maximum Gasteiger partial charge on any atom is 0.250 e. The number of ether oxygens (including phenoxy) is 1. The normalized spacial score (nSPS) is 14.8.